The van der Waals surface area contributed by atoms with Crippen LogP contribution in [0.5, 0.6) is 0 Å². The van der Waals surface area contributed by atoms with Gasteiger partial charge in [0.25, 0.3) is 5.91 Å². The van der Waals surface area contributed by atoms with Crippen LogP contribution in [0.1, 0.15) is 48.7 Å². The lowest BCUT2D eigenvalue weighted by Crippen LogP contribution is -2.43. The van der Waals surface area contributed by atoms with E-state index >= 15 is 0 Å². The van der Waals surface area contributed by atoms with E-state index in [4.69, 9.17) is 0 Å². The second kappa shape index (κ2) is 6.97. The molecule has 1 aromatic carbocycles. The van der Waals surface area contributed by atoms with Crippen LogP contribution in [-0.4, -0.2) is 24.5 Å². The number of nitrogens with zero attached hydrogens (tertiary/aromatic N) is 2. The molecule has 112 valence electrons. The van der Waals surface area contributed by atoms with Crippen molar-refractivity contribution in [3.05, 3.63) is 35.4 Å². The molecule has 0 aliphatic carbocycles. The minimum Gasteiger partial charge on any atom is -0.336 e. The van der Waals surface area contributed by atoms with E-state index in [1.165, 1.54) is 0 Å². The number of hydrogen-bond acceptors (Lipinski definition) is 3. The van der Waals surface area contributed by atoms with Gasteiger partial charge in [-0.1, -0.05) is 32.0 Å². The van der Waals surface area contributed by atoms with E-state index in [0.717, 1.165) is 18.4 Å². The predicted molar refractivity (Wildman–Crippen MR) is 79.3 cm³/mol. The summed E-state index contributed by atoms with van der Waals surface area (Å²) in [6.07, 6.45) is 1.79. The maximum absolute atomic E-state index is 11.8. The Bertz CT molecular complexity index is 552. The average Bonchev–Trinajstić information content (AvgIpc) is 2.52. The minimum atomic E-state index is -0.330. The molecule has 2 rings (SSSR count). The number of azo groups is 1. The highest BCUT2D eigenvalue weighted by Crippen LogP contribution is 2.26. The van der Waals surface area contributed by atoms with Crippen LogP contribution in [0.4, 0.5) is 4.79 Å². The van der Waals surface area contributed by atoms with Gasteiger partial charge in [-0.25, -0.2) is 4.79 Å². The van der Waals surface area contributed by atoms with E-state index < -0.39 is 0 Å². The van der Waals surface area contributed by atoms with Gasteiger partial charge in [0.15, 0.2) is 0 Å². The molecule has 1 heterocycles. The van der Waals surface area contributed by atoms with E-state index in [2.05, 4.69) is 20.9 Å². The fourth-order valence-corrected chi connectivity index (χ4v) is 2.29. The topological polar surface area (TPSA) is 82.9 Å². The molecule has 1 unspecified atom stereocenters. The number of amides is 3. The van der Waals surface area contributed by atoms with Crippen LogP contribution in [0.3, 0.4) is 0 Å². The number of fused-ring (bicyclic) bond motifs is 1. The van der Waals surface area contributed by atoms with Crippen LogP contribution in [-0.2, 0) is 0 Å². The molecule has 1 atom stereocenters. The predicted octanol–water partition coefficient (Wildman–Crippen LogP) is 2.82. The van der Waals surface area contributed by atoms with Gasteiger partial charge in [0.05, 0.1) is 0 Å². The first kappa shape index (κ1) is 15.2. The van der Waals surface area contributed by atoms with Crippen LogP contribution in [0.25, 0.3) is 0 Å². The molecule has 6 heteroatoms. The fraction of sp³-hybridized carbons (Fsp3) is 0.467. The van der Waals surface area contributed by atoms with Crippen LogP contribution in [0.15, 0.2) is 34.5 Å². The van der Waals surface area contributed by atoms with Crippen molar-refractivity contribution in [2.75, 3.05) is 6.54 Å². The van der Waals surface area contributed by atoms with E-state index in [1.807, 2.05) is 26.0 Å². The van der Waals surface area contributed by atoms with Crippen molar-refractivity contribution in [1.82, 2.24) is 10.6 Å². The molecule has 0 radical (unpaired) electrons. The smallest absolute Gasteiger partial charge is 0.315 e. The molecule has 0 saturated carbocycles. The van der Waals surface area contributed by atoms with Crippen molar-refractivity contribution in [2.24, 2.45) is 10.2 Å². The average molecular weight is 288 g/mol. The third-order valence-corrected chi connectivity index (χ3v) is 3.61. The highest BCUT2D eigenvalue weighted by atomic mass is 16.2. The van der Waals surface area contributed by atoms with Gasteiger partial charge in [-0.05, 0) is 24.5 Å². The van der Waals surface area contributed by atoms with Gasteiger partial charge >= 0.3 is 6.03 Å². The number of hydrogen-bond donors (Lipinski definition) is 2. The SMILES string of the molecule is CCC(CC)NC(=O)NCC1N=NC(=O)c2ccccc21. The van der Waals surface area contributed by atoms with Crippen molar-refractivity contribution >= 4 is 11.9 Å². The maximum atomic E-state index is 11.8. The quantitative estimate of drug-likeness (QED) is 0.873. The fourth-order valence-electron chi connectivity index (χ4n) is 2.29. The summed E-state index contributed by atoms with van der Waals surface area (Å²) in [5.74, 6) is -0.330. The molecule has 0 bridgehead atoms. The summed E-state index contributed by atoms with van der Waals surface area (Å²) >= 11 is 0. The molecule has 1 aliphatic heterocycles. The summed E-state index contributed by atoms with van der Waals surface area (Å²) < 4.78 is 0. The third-order valence-electron chi connectivity index (χ3n) is 3.61. The van der Waals surface area contributed by atoms with Gasteiger partial charge in [0, 0.05) is 18.2 Å². The lowest BCUT2D eigenvalue weighted by molar-refractivity contribution is 0.0985. The maximum Gasteiger partial charge on any atom is 0.315 e. The molecular formula is C15H20N4O2. The largest absolute Gasteiger partial charge is 0.336 e. The molecule has 6 nitrogen and oxygen atoms in total. The van der Waals surface area contributed by atoms with Gasteiger partial charge in [-0.15, -0.1) is 5.11 Å². The number of nitrogens with one attached hydrogen (secondary N) is 2. The first-order valence-electron chi connectivity index (χ1n) is 7.24. The Morgan fingerprint density at radius 1 is 1.29 bits per heavy atom. The normalized spacial score (nSPS) is 16.7. The zero-order chi connectivity index (χ0) is 15.2. The second-order valence-corrected chi connectivity index (χ2v) is 4.99. The zero-order valence-electron chi connectivity index (χ0n) is 12.3. The Balaban J connectivity index is 1.96. The Kier molecular flexibility index (Phi) is 5.03. The van der Waals surface area contributed by atoms with Gasteiger partial charge in [0.2, 0.25) is 0 Å². The Hall–Kier alpha value is -2.24. The molecule has 0 aromatic heterocycles. The highest BCUT2D eigenvalue weighted by molar-refractivity contribution is 5.97. The van der Waals surface area contributed by atoms with E-state index in [1.54, 1.807) is 12.1 Å². The van der Waals surface area contributed by atoms with Gasteiger partial charge in [-0.2, -0.15) is 5.11 Å². The van der Waals surface area contributed by atoms with E-state index in [9.17, 15) is 9.59 Å². The summed E-state index contributed by atoms with van der Waals surface area (Å²) in [5, 5.41) is 13.3. The summed E-state index contributed by atoms with van der Waals surface area (Å²) in [7, 11) is 0. The molecule has 3 amide bonds. The van der Waals surface area contributed by atoms with Crippen molar-refractivity contribution in [2.45, 2.75) is 38.8 Å². The number of rotatable bonds is 5. The number of carbonyl (C=O) groups excluding carboxylic acids is 2. The molecule has 1 aliphatic rings. The molecule has 1 aromatic rings. The molecule has 0 spiro atoms. The number of urea groups is 1. The lowest BCUT2D eigenvalue weighted by Gasteiger charge is -2.20. The van der Waals surface area contributed by atoms with Crippen molar-refractivity contribution in [1.29, 1.82) is 0 Å². The molecule has 21 heavy (non-hydrogen) atoms. The molecule has 2 N–H and O–H groups in total. The Labute approximate surface area is 124 Å². The van der Waals surface area contributed by atoms with Crippen LogP contribution < -0.4 is 10.6 Å². The Morgan fingerprint density at radius 3 is 2.71 bits per heavy atom. The first-order chi connectivity index (χ1) is 10.2. The molecule has 0 saturated heterocycles. The third kappa shape index (κ3) is 3.65. The lowest BCUT2D eigenvalue weighted by atomic mass is 9.99. The number of benzene rings is 1. The summed E-state index contributed by atoms with van der Waals surface area (Å²) in [6.45, 7) is 4.39. The zero-order valence-corrected chi connectivity index (χ0v) is 12.3. The highest BCUT2D eigenvalue weighted by Gasteiger charge is 2.23. The second-order valence-electron chi connectivity index (χ2n) is 4.99. The van der Waals surface area contributed by atoms with Crippen LogP contribution in [0.2, 0.25) is 0 Å². The summed E-state index contributed by atoms with van der Waals surface area (Å²) in [6, 6.07) is 6.86. The standard InChI is InChI=1S/C15H20N4O2/c1-3-10(4-2)17-15(21)16-9-13-11-7-5-6-8-12(11)14(20)19-18-13/h5-8,10,13H,3-4,9H2,1-2H3,(H2,16,17,21). The monoisotopic (exact) mass is 288 g/mol. The number of carbonyl (C=O) groups is 2. The molecule has 0 fully saturated rings. The van der Waals surface area contributed by atoms with Crippen molar-refractivity contribution in [3.8, 4) is 0 Å². The van der Waals surface area contributed by atoms with E-state index in [-0.39, 0.29) is 24.0 Å². The van der Waals surface area contributed by atoms with Gasteiger partial charge in [-0.3, -0.25) is 4.79 Å². The first-order valence-corrected chi connectivity index (χ1v) is 7.24. The minimum absolute atomic E-state index is 0.173. The summed E-state index contributed by atoms with van der Waals surface area (Å²) in [4.78, 5) is 23.5. The van der Waals surface area contributed by atoms with Crippen molar-refractivity contribution in [3.63, 3.8) is 0 Å². The summed E-state index contributed by atoms with van der Waals surface area (Å²) in [5.41, 5.74) is 1.36. The Morgan fingerprint density at radius 2 is 2.00 bits per heavy atom. The van der Waals surface area contributed by atoms with Crippen molar-refractivity contribution < 1.29 is 9.59 Å². The van der Waals surface area contributed by atoms with Crippen LogP contribution in [0, 0.1) is 0 Å². The molecular weight excluding hydrogens is 268 g/mol. The van der Waals surface area contributed by atoms with Crippen LogP contribution >= 0.6 is 0 Å². The van der Waals surface area contributed by atoms with Gasteiger partial charge in [0.1, 0.15) is 6.04 Å². The van der Waals surface area contributed by atoms with E-state index in [0.29, 0.717) is 12.1 Å². The van der Waals surface area contributed by atoms with Gasteiger partial charge < -0.3 is 10.6 Å².